The fourth-order valence-corrected chi connectivity index (χ4v) is 4.95. The summed E-state index contributed by atoms with van der Waals surface area (Å²) in [6.45, 7) is 1.85. The van der Waals surface area contributed by atoms with Crippen molar-refractivity contribution in [2.45, 2.75) is 11.3 Å². The summed E-state index contributed by atoms with van der Waals surface area (Å²) < 4.78 is 27.4. The third-order valence-electron chi connectivity index (χ3n) is 4.92. The highest BCUT2D eigenvalue weighted by molar-refractivity contribution is 7.89. The van der Waals surface area contributed by atoms with Gasteiger partial charge in [-0.2, -0.15) is 9.57 Å². The van der Waals surface area contributed by atoms with Crippen LogP contribution in [0.1, 0.15) is 11.1 Å². The van der Waals surface area contributed by atoms with E-state index in [2.05, 4.69) is 16.3 Å². The van der Waals surface area contributed by atoms with Crippen LogP contribution >= 0.6 is 0 Å². The van der Waals surface area contributed by atoms with Gasteiger partial charge < -0.3 is 10.2 Å². The van der Waals surface area contributed by atoms with E-state index < -0.39 is 10.0 Å². The van der Waals surface area contributed by atoms with Crippen LogP contribution < -0.4 is 10.2 Å². The summed E-state index contributed by atoms with van der Waals surface area (Å²) in [6, 6.07) is 14.2. The van der Waals surface area contributed by atoms with Gasteiger partial charge in [-0.15, -0.1) is 0 Å². The molecule has 2 aromatic rings. The zero-order chi connectivity index (χ0) is 19.0. The molecule has 1 fully saturated rings. The lowest BCUT2D eigenvalue weighted by atomic mass is 10.2. The maximum absolute atomic E-state index is 13.0. The van der Waals surface area contributed by atoms with Crippen molar-refractivity contribution >= 4 is 27.3 Å². The Morgan fingerprint density at radius 2 is 1.81 bits per heavy atom. The Hall–Kier alpha value is -2.89. The summed E-state index contributed by atoms with van der Waals surface area (Å²) in [5.74, 6) is -0.118. The van der Waals surface area contributed by atoms with E-state index in [0.29, 0.717) is 43.0 Å². The molecular formula is C19H18N4O3S. The highest BCUT2D eigenvalue weighted by atomic mass is 32.2. The zero-order valence-electron chi connectivity index (χ0n) is 14.6. The maximum atomic E-state index is 13.0. The number of carbonyl (C=O) groups is 1. The van der Waals surface area contributed by atoms with E-state index in [0.717, 1.165) is 5.69 Å². The monoisotopic (exact) mass is 382 g/mol. The molecule has 2 aliphatic rings. The Morgan fingerprint density at radius 3 is 2.56 bits per heavy atom. The Morgan fingerprint density at radius 1 is 1.04 bits per heavy atom. The van der Waals surface area contributed by atoms with Gasteiger partial charge in [-0.1, -0.05) is 6.07 Å². The molecule has 2 heterocycles. The number of amides is 1. The number of fused-ring (bicyclic) bond motifs is 1. The van der Waals surface area contributed by atoms with Crippen molar-refractivity contribution in [1.82, 2.24) is 4.31 Å². The number of anilines is 2. The Kier molecular flexibility index (Phi) is 4.34. The number of hydrogen-bond acceptors (Lipinski definition) is 5. The molecule has 1 N–H and O–H groups in total. The predicted octanol–water partition coefficient (Wildman–Crippen LogP) is 1.56. The average Bonchev–Trinajstić information content (AvgIpc) is 3.07. The molecule has 0 spiro atoms. The van der Waals surface area contributed by atoms with E-state index in [-0.39, 0.29) is 17.2 Å². The molecule has 8 heteroatoms. The smallest absolute Gasteiger partial charge is 0.243 e. The molecule has 27 heavy (non-hydrogen) atoms. The van der Waals surface area contributed by atoms with Crippen LogP contribution in [0.4, 0.5) is 11.4 Å². The van der Waals surface area contributed by atoms with Crippen LogP contribution in [0.2, 0.25) is 0 Å². The molecule has 0 atom stereocenters. The summed E-state index contributed by atoms with van der Waals surface area (Å²) in [4.78, 5) is 13.8. The van der Waals surface area contributed by atoms with Crippen molar-refractivity contribution in [2.24, 2.45) is 0 Å². The first-order chi connectivity index (χ1) is 13.0. The van der Waals surface area contributed by atoms with Crippen LogP contribution in [0, 0.1) is 11.3 Å². The van der Waals surface area contributed by atoms with Crippen LogP contribution in [0.5, 0.6) is 0 Å². The van der Waals surface area contributed by atoms with E-state index in [1.54, 1.807) is 24.3 Å². The third kappa shape index (κ3) is 3.27. The van der Waals surface area contributed by atoms with Crippen molar-refractivity contribution in [2.75, 3.05) is 36.4 Å². The highest BCUT2D eigenvalue weighted by Crippen LogP contribution is 2.28. The quantitative estimate of drug-likeness (QED) is 0.870. The number of carbonyl (C=O) groups excluding carboxylic acids is 1. The lowest BCUT2D eigenvalue weighted by molar-refractivity contribution is -0.115. The molecule has 2 aromatic carbocycles. The zero-order valence-corrected chi connectivity index (χ0v) is 15.4. The molecule has 2 aliphatic heterocycles. The van der Waals surface area contributed by atoms with E-state index in [4.69, 9.17) is 5.26 Å². The molecule has 4 rings (SSSR count). The lowest BCUT2D eigenvalue weighted by Crippen LogP contribution is -2.48. The predicted molar refractivity (Wildman–Crippen MR) is 101 cm³/mol. The fraction of sp³-hybridized carbons (Fsp3) is 0.263. The number of nitriles is 1. The molecule has 0 saturated carbocycles. The van der Waals surface area contributed by atoms with Gasteiger partial charge in [0.15, 0.2) is 0 Å². The van der Waals surface area contributed by atoms with Crippen LogP contribution in [0.25, 0.3) is 0 Å². The minimum atomic E-state index is -3.60. The number of nitrogens with one attached hydrogen (secondary N) is 1. The molecule has 0 bridgehead atoms. The molecule has 0 aliphatic carbocycles. The topological polar surface area (TPSA) is 93.5 Å². The second-order valence-corrected chi connectivity index (χ2v) is 8.54. The largest absolute Gasteiger partial charge is 0.369 e. The van der Waals surface area contributed by atoms with Crippen molar-refractivity contribution in [1.29, 1.82) is 5.26 Å². The summed E-state index contributed by atoms with van der Waals surface area (Å²) in [5, 5.41) is 11.7. The van der Waals surface area contributed by atoms with Gasteiger partial charge in [0.25, 0.3) is 0 Å². The number of rotatable bonds is 3. The van der Waals surface area contributed by atoms with Gasteiger partial charge in [0, 0.05) is 37.6 Å². The van der Waals surface area contributed by atoms with Crippen molar-refractivity contribution in [3.8, 4) is 6.07 Å². The SMILES string of the molecule is N#Cc1cccc(N2CCN(S(=O)(=O)c3ccc4c(c3)CC(=O)N4)CC2)c1. The van der Waals surface area contributed by atoms with Crippen LogP contribution in [0.15, 0.2) is 47.4 Å². The number of nitrogens with zero attached hydrogens (tertiary/aromatic N) is 3. The normalized spacial score (nSPS) is 17.3. The number of sulfonamides is 1. The van der Waals surface area contributed by atoms with Gasteiger partial charge in [0.1, 0.15) is 0 Å². The highest BCUT2D eigenvalue weighted by Gasteiger charge is 2.30. The first-order valence-corrected chi connectivity index (χ1v) is 10.1. The standard InChI is InChI=1S/C19H18N4O3S/c20-13-14-2-1-3-16(10-14)22-6-8-23(9-7-22)27(25,26)17-4-5-18-15(11-17)12-19(24)21-18/h1-5,10-11H,6-9,12H2,(H,21,24). The summed E-state index contributed by atoms with van der Waals surface area (Å²) in [5.41, 5.74) is 2.91. The van der Waals surface area contributed by atoms with Gasteiger partial charge in [-0.25, -0.2) is 8.42 Å². The summed E-state index contributed by atoms with van der Waals surface area (Å²) >= 11 is 0. The average molecular weight is 382 g/mol. The third-order valence-corrected chi connectivity index (χ3v) is 6.81. The van der Waals surface area contributed by atoms with E-state index in [9.17, 15) is 13.2 Å². The fourth-order valence-electron chi connectivity index (χ4n) is 3.47. The molecule has 0 radical (unpaired) electrons. The number of hydrogen-bond donors (Lipinski definition) is 1. The van der Waals surface area contributed by atoms with Gasteiger partial charge in [-0.05, 0) is 42.0 Å². The van der Waals surface area contributed by atoms with Crippen LogP contribution in [-0.2, 0) is 21.2 Å². The first-order valence-electron chi connectivity index (χ1n) is 8.65. The van der Waals surface area contributed by atoms with Gasteiger partial charge >= 0.3 is 0 Å². The maximum Gasteiger partial charge on any atom is 0.243 e. The molecule has 0 unspecified atom stereocenters. The minimum Gasteiger partial charge on any atom is -0.369 e. The van der Waals surface area contributed by atoms with E-state index >= 15 is 0 Å². The Bertz CT molecular complexity index is 1050. The molecule has 0 aromatic heterocycles. The first kappa shape index (κ1) is 17.5. The molecule has 7 nitrogen and oxygen atoms in total. The molecule has 1 saturated heterocycles. The lowest BCUT2D eigenvalue weighted by Gasteiger charge is -2.35. The summed E-state index contributed by atoms with van der Waals surface area (Å²) in [7, 11) is -3.60. The van der Waals surface area contributed by atoms with Crippen LogP contribution in [0.3, 0.4) is 0 Å². The van der Waals surface area contributed by atoms with Crippen molar-refractivity contribution < 1.29 is 13.2 Å². The second-order valence-electron chi connectivity index (χ2n) is 6.60. The van der Waals surface area contributed by atoms with Crippen molar-refractivity contribution in [3.05, 3.63) is 53.6 Å². The van der Waals surface area contributed by atoms with Gasteiger partial charge in [0.05, 0.1) is 22.9 Å². The Balaban J connectivity index is 1.50. The van der Waals surface area contributed by atoms with E-state index in [1.807, 2.05) is 18.2 Å². The van der Waals surface area contributed by atoms with Gasteiger partial charge in [0.2, 0.25) is 15.9 Å². The number of benzene rings is 2. The van der Waals surface area contributed by atoms with Crippen molar-refractivity contribution in [3.63, 3.8) is 0 Å². The van der Waals surface area contributed by atoms with E-state index in [1.165, 1.54) is 4.31 Å². The van der Waals surface area contributed by atoms with Gasteiger partial charge in [-0.3, -0.25) is 4.79 Å². The molecular weight excluding hydrogens is 364 g/mol. The summed E-state index contributed by atoms with van der Waals surface area (Å²) in [6.07, 6.45) is 0.210. The van der Waals surface area contributed by atoms with Crippen LogP contribution in [-0.4, -0.2) is 44.8 Å². The molecule has 138 valence electrons. The Labute approximate surface area is 157 Å². The minimum absolute atomic E-state index is 0.118. The second kappa shape index (κ2) is 6.68. The number of piperazine rings is 1. The molecule has 1 amide bonds.